The van der Waals surface area contributed by atoms with Gasteiger partial charge < -0.3 is 10.0 Å². The van der Waals surface area contributed by atoms with E-state index in [1.807, 2.05) is 0 Å². The first-order valence-electron chi connectivity index (χ1n) is 5.87. The fraction of sp³-hybridized carbons (Fsp3) is 0.231. The lowest BCUT2D eigenvalue weighted by atomic mass is 10.1. The van der Waals surface area contributed by atoms with Crippen molar-refractivity contribution in [3.63, 3.8) is 0 Å². The Morgan fingerprint density at radius 1 is 1.50 bits per heavy atom. The molecule has 1 aromatic heterocycles. The third kappa shape index (κ3) is 2.37. The molecule has 1 N–H and O–H groups in total. The highest BCUT2D eigenvalue weighted by atomic mass is 16.6. The number of carboxylic acids is 1. The molecule has 1 heterocycles. The Balaban J connectivity index is 2.70. The van der Waals surface area contributed by atoms with Crippen LogP contribution in [0, 0.1) is 17.0 Å². The molecule has 0 aliphatic heterocycles. The molecule has 1 aromatic carbocycles. The molecule has 0 radical (unpaired) electrons. The second kappa shape index (κ2) is 5.12. The SMILES string of the molecule is Cc1cnc(N(C)CC(=O)O)c2cccc([N+](=O)[O-])c12. The number of carbonyl (C=O) groups is 1. The molecule has 0 saturated heterocycles. The number of likely N-dealkylation sites (N-methyl/N-ethyl adjacent to an activating group) is 1. The minimum atomic E-state index is -0.992. The van der Waals surface area contributed by atoms with Gasteiger partial charge in [0.15, 0.2) is 0 Å². The predicted octanol–water partition coefficient (Wildman–Crippen LogP) is 1.97. The Morgan fingerprint density at radius 3 is 2.80 bits per heavy atom. The van der Waals surface area contributed by atoms with Crippen LogP contribution in [0.3, 0.4) is 0 Å². The quantitative estimate of drug-likeness (QED) is 0.676. The number of nitrogens with zero attached hydrogens (tertiary/aromatic N) is 3. The van der Waals surface area contributed by atoms with Crippen molar-refractivity contribution in [1.29, 1.82) is 0 Å². The number of rotatable bonds is 4. The smallest absolute Gasteiger partial charge is 0.323 e. The Kier molecular flexibility index (Phi) is 3.51. The Morgan fingerprint density at radius 2 is 2.20 bits per heavy atom. The number of aliphatic carboxylic acids is 1. The first-order chi connectivity index (χ1) is 9.41. The van der Waals surface area contributed by atoms with Gasteiger partial charge in [0.05, 0.1) is 10.3 Å². The number of hydrogen-bond acceptors (Lipinski definition) is 5. The van der Waals surface area contributed by atoms with E-state index >= 15 is 0 Å². The molecule has 104 valence electrons. The summed E-state index contributed by atoms with van der Waals surface area (Å²) < 4.78 is 0. The summed E-state index contributed by atoms with van der Waals surface area (Å²) in [7, 11) is 1.59. The number of benzene rings is 1. The maximum absolute atomic E-state index is 11.1. The molecule has 0 fully saturated rings. The summed E-state index contributed by atoms with van der Waals surface area (Å²) >= 11 is 0. The van der Waals surface area contributed by atoms with E-state index in [4.69, 9.17) is 5.11 Å². The van der Waals surface area contributed by atoms with Crippen LogP contribution in [-0.2, 0) is 4.79 Å². The highest BCUT2D eigenvalue weighted by Crippen LogP contribution is 2.32. The van der Waals surface area contributed by atoms with Crippen LogP contribution in [0.15, 0.2) is 24.4 Å². The molecule has 0 atom stereocenters. The molecule has 0 spiro atoms. The topological polar surface area (TPSA) is 96.6 Å². The number of non-ortho nitro benzene ring substituents is 1. The molecule has 0 bridgehead atoms. The molecule has 0 unspecified atom stereocenters. The summed E-state index contributed by atoms with van der Waals surface area (Å²) in [5.41, 5.74) is 0.673. The molecular weight excluding hydrogens is 262 g/mol. The molecule has 2 aromatic rings. The van der Waals surface area contributed by atoms with Gasteiger partial charge in [0.1, 0.15) is 12.4 Å². The molecule has 7 nitrogen and oxygen atoms in total. The van der Waals surface area contributed by atoms with Gasteiger partial charge in [0, 0.05) is 24.7 Å². The summed E-state index contributed by atoms with van der Waals surface area (Å²) in [5.74, 6) is -0.579. The minimum Gasteiger partial charge on any atom is -0.480 e. The number of nitro groups is 1. The molecule has 20 heavy (non-hydrogen) atoms. The molecule has 0 aliphatic carbocycles. The highest BCUT2D eigenvalue weighted by molar-refractivity contribution is 6.00. The van der Waals surface area contributed by atoms with Gasteiger partial charge in [-0.3, -0.25) is 14.9 Å². The summed E-state index contributed by atoms with van der Waals surface area (Å²) in [5, 5.41) is 21.0. The molecule has 7 heteroatoms. The lowest BCUT2D eigenvalue weighted by molar-refractivity contribution is -0.383. The van der Waals surface area contributed by atoms with E-state index in [1.165, 1.54) is 17.2 Å². The van der Waals surface area contributed by atoms with E-state index in [9.17, 15) is 14.9 Å². The van der Waals surface area contributed by atoms with Gasteiger partial charge >= 0.3 is 5.97 Å². The maximum Gasteiger partial charge on any atom is 0.323 e. The van der Waals surface area contributed by atoms with E-state index in [1.54, 1.807) is 26.1 Å². The van der Waals surface area contributed by atoms with E-state index < -0.39 is 10.9 Å². The van der Waals surface area contributed by atoms with Crippen molar-refractivity contribution in [1.82, 2.24) is 4.98 Å². The summed E-state index contributed by atoms with van der Waals surface area (Å²) in [6.07, 6.45) is 1.52. The second-order valence-electron chi connectivity index (χ2n) is 4.47. The molecule has 0 amide bonds. The number of carboxylic acid groups (broad SMARTS) is 1. The second-order valence-corrected chi connectivity index (χ2v) is 4.47. The van der Waals surface area contributed by atoms with Crippen molar-refractivity contribution in [2.45, 2.75) is 6.92 Å². The van der Waals surface area contributed by atoms with Crippen LogP contribution in [0.2, 0.25) is 0 Å². The first kappa shape index (κ1) is 13.7. The molecular formula is C13H13N3O4. The highest BCUT2D eigenvalue weighted by Gasteiger charge is 2.18. The largest absolute Gasteiger partial charge is 0.480 e. The van der Waals surface area contributed by atoms with Gasteiger partial charge in [-0.25, -0.2) is 4.98 Å². The lowest BCUT2D eigenvalue weighted by Crippen LogP contribution is -2.26. The standard InChI is InChI=1S/C13H13N3O4/c1-8-6-14-13(15(2)7-11(17)18)9-4-3-5-10(12(8)9)16(19)20/h3-6H,7H2,1-2H3,(H,17,18). The number of aryl methyl sites for hydroxylation is 1. The molecule has 0 saturated carbocycles. The maximum atomic E-state index is 11.1. The van der Waals surface area contributed by atoms with Crippen molar-refractivity contribution in [2.75, 3.05) is 18.5 Å². The van der Waals surface area contributed by atoms with E-state index in [0.717, 1.165) is 0 Å². The van der Waals surface area contributed by atoms with E-state index in [0.29, 0.717) is 22.2 Å². The third-order valence-corrected chi connectivity index (χ3v) is 2.99. The van der Waals surface area contributed by atoms with Crippen LogP contribution in [0.25, 0.3) is 10.8 Å². The van der Waals surface area contributed by atoms with E-state index in [2.05, 4.69) is 4.98 Å². The summed E-state index contributed by atoms with van der Waals surface area (Å²) in [6.45, 7) is 1.51. The first-order valence-corrected chi connectivity index (χ1v) is 5.87. The number of hydrogen-bond donors (Lipinski definition) is 1. The minimum absolute atomic E-state index is 0.00706. The van der Waals surface area contributed by atoms with Crippen molar-refractivity contribution < 1.29 is 14.8 Å². The van der Waals surface area contributed by atoms with Crippen molar-refractivity contribution in [2.24, 2.45) is 0 Å². The zero-order valence-electron chi connectivity index (χ0n) is 11.0. The van der Waals surface area contributed by atoms with Gasteiger partial charge in [-0.05, 0) is 12.5 Å². The van der Waals surface area contributed by atoms with Gasteiger partial charge in [-0.1, -0.05) is 12.1 Å². The fourth-order valence-electron chi connectivity index (χ4n) is 2.17. The van der Waals surface area contributed by atoms with Gasteiger partial charge in [-0.2, -0.15) is 0 Å². The molecule has 0 aliphatic rings. The number of pyridine rings is 1. The van der Waals surface area contributed by atoms with E-state index in [-0.39, 0.29) is 12.2 Å². The lowest BCUT2D eigenvalue weighted by Gasteiger charge is -2.18. The average Bonchev–Trinajstić information content (AvgIpc) is 2.37. The van der Waals surface area contributed by atoms with Crippen LogP contribution >= 0.6 is 0 Å². The number of anilines is 1. The third-order valence-electron chi connectivity index (χ3n) is 2.99. The van der Waals surface area contributed by atoms with Crippen molar-refractivity contribution in [3.05, 3.63) is 40.1 Å². The Labute approximate surface area is 114 Å². The zero-order chi connectivity index (χ0) is 14.9. The van der Waals surface area contributed by atoms with Crippen LogP contribution in [0.4, 0.5) is 11.5 Å². The number of fused-ring (bicyclic) bond motifs is 1. The Hall–Kier alpha value is -2.70. The van der Waals surface area contributed by atoms with Crippen LogP contribution in [0.1, 0.15) is 5.56 Å². The summed E-state index contributed by atoms with van der Waals surface area (Å²) in [6, 6.07) is 4.70. The summed E-state index contributed by atoms with van der Waals surface area (Å²) in [4.78, 5) is 27.1. The van der Waals surface area contributed by atoms with Crippen LogP contribution in [0.5, 0.6) is 0 Å². The number of aromatic nitrogens is 1. The Bertz CT molecular complexity index is 699. The van der Waals surface area contributed by atoms with Gasteiger partial charge in [0.2, 0.25) is 0 Å². The van der Waals surface area contributed by atoms with Gasteiger partial charge in [-0.15, -0.1) is 0 Å². The van der Waals surface area contributed by atoms with Crippen molar-refractivity contribution in [3.8, 4) is 0 Å². The van der Waals surface area contributed by atoms with Gasteiger partial charge in [0.25, 0.3) is 5.69 Å². The van der Waals surface area contributed by atoms with Crippen LogP contribution in [-0.4, -0.2) is 34.6 Å². The van der Waals surface area contributed by atoms with Crippen molar-refractivity contribution >= 4 is 28.2 Å². The zero-order valence-corrected chi connectivity index (χ0v) is 11.0. The normalized spacial score (nSPS) is 10.5. The fourth-order valence-corrected chi connectivity index (χ4v) is 2.17. The predicted molar refractivity (Wildman–Crippen MR) is 74.0 cm³/mol. The molecule has 2 rings (SSSR count). The monoisotopic (exact) mass is 275 g/mol. The van der Waals surface area contributed by atoms with Crippen LogP contribution < -0.4 is 4.90 Å². The average molecular weight is 275 g/mol. The number of nitro benzene ring substituents is 1.